The van der Waals surface area contributed by atoms with Crippen LogP contribution in [-0.2, 0) is 4.74 Å². The molecule has 2 rings (SSSR count). The van der Waals surface area contributed by atoms with Crippen LogP contribution in [0.2, 0.25) is 0 Å². The van der Waals surface area contributed by atoms with Gasteiger partial charge in [-0.05, 0) is 42.8 Å². The Hall–Kier alpha value is -1.65. The number of aryl methyl sites for hydroxylation is 1. The number of ether oxygens (including phenoxy) is 1. The largest absolute Gasteiger partial charge is 0.374 e. The normalized spacial score (nSPS) is 12.1. The first-order valence-corrected chi connectivity index (χ1v) is 8.05. The zero-order chi connectivity index (χ0) is 15.1. The van der Waals surface area contributed by atoms with Crippen LogP contribution >= 0.6 is 11.3 Å². The van der Waals surface area contributed by atoms with E-state index >= 15 is 0 Å². The number of amides is 1. The van der Waals surface area contributed by atoms with E-state index < -0.39 is 0 Å². The van der Waals surface area contributed by atoms with Crippen molar-refractivity contribution in [1.82, 2.24) is 5.32 Å². The molecule has 1 heterocycles. The Kier molecular flexibility index (Phi) is 5.96. The smallest absolute Gasteiger partial charge is 0.261 e. The first kappa shape index (κ1) is 15.7. The molecule has 0 saturated heterocycles. The fourth-order valence-corrected chi connectivity index (χ4v) is 2.88. The van der Waals surface area contributed by atoms with E-state index in [1.54, 1.807) is 0 Å². The third kappa shape index (κ3) is 4.69. The average Bonchev–Trinajstić information content (AvgIpc) is 2.93. The lowest BCUT2D eigenvalue weighted by atomic mass is 10.1. The lowest BCUT2D eigenvalue weighted by Gasteiger charge is -2.13. The minimum Gasteiger partial charge on any atom is -0.374 e. The first-order chi connectivity index (χ1) is 10.2. The molecule has 112 valence electrons. The maximum atomic E-state index is 11.9. The molecule has 1 amide bonds. The van der Waals surface area contributed by atoms with E-state index in [-0.39, 0.29) is 12.0 Å². The number of hydrogen-bond acceptors (Lipinski definition) is 3. The molecule has 0 fully saturated rings. The fraction of sp³-hybridized carbons (Fsp3) is 0.353. The van der Waals surface area contributed by atoms with E-state index in [0.717, 1.165) is 16.9 Å². The Balaban J connectivity index is 1.64. The SMILES string of the molecule is Cc1ccsc1C(=O)NCCCOC(C)c1ccccc1. The van der Waals surface area contributed by atoms with E-state index in [0.29, 0.717) is 13.2 Å². The van der Waals surface area contributed by atoms with Gasteiger partial charge in [-0.1, -0.05) is 30.3 Å². The van der Waals surface area contributed by atoms with Gasteiger partial charge in [-0.15, -0.1) is 11.3 Å². The van der Waals surface area contributed by atoms with Gasteiger partial charge >= 0.3 is 0 Å². The van der Waals surface area contributed by atoms with Crippen molar-refractivity contribution in [3.8, 4) is 0 Å². The standard InChI is InChI=1S/C17H21NO2S/c1-13-9-12-21-16(13)17(19)18-10-6-11-20-14(2)15-7-4-3-5-8-15/h3-5,7-9,12,14H,6,10-11H2,1-2H3,(H,18,19). The summed E-state index contributed by atoms with van der Waals surface area (Å²) in [7, 11) is 0. The number of hydrogen-bond donors (Lipinski definition) is 1. The molecule has 1 atom stereocenters. The summed E-state index contributed by atoms with van der Waals surface area (Å²) in [6.07, 6.45) is 0.898. The highest BCUT2D eigenvalue weighted by Gasteiger charge is 2.09. The van der Waals surface area contributed by atoms with E-state index in [1.165, 1.54) is 16.9 Å². The van der Waals surface area contributed by atoms with Gasteiger partial charge in [-0.2, -0.15) is 0 Å². The Morgan fingerprint density at radius 2 is 2.05 bits per heavy atom. The summed E-state index contributed by atoms with van der Waals surface area (Å²) >= 11 is 1.48. The minimum atomic E-state index is 0.0126. The van der Waals surface area contributed by atoms with Gasteiger partial charge in [0.25, 0.3) is 5.91 Å². The highest BCUT2D eigenvalue weighted by atomic mass is 32.1. The van der Waals surface area contributed by atoms with Crippen LogP contribution in [0.4, 0.5) is 0 Å². The molecule has 0 aliphatic heterocycles. The van der Waals surface area contributed by atoms with Crippen molar-refractivity contribution in [2.45, 2.75) is 26.4 Å². The van der Waals surface area contributed by atoms with Gasteiger partial charge in [0.05, 0.1) is 11.0 Å². The molecule has 0 aliphatic carbocycles. The van der Waals surface area contributed by atoms with E-state index in [1.807, 2.05) is 43.5 Å². The highest BCUT2D eigenvalue weighted by molar-refractivity contribution is 7.12. The molecular weight excluding hydrogens is 282 g/mol. The first-order valence-electron chi connectivity index (χ1n) is 7.17. The number of thiophene rings is 1. The van der Waals surface area contributed by atoms with Crippen molar-refractivity contribution < 1.29 is 9.53 Å². The van der Waals surface area contributed by atoms with Crippen molar-refractivity contribution in [2.24, 2.45) is 0 Å². The third-order valence-electron chi connectivity index (χ3n) is 3.31. The van der Waals surface area contributed by atoms with Gasteiger partial charge in [0, 0.05) is 13.2 Å². The van der Waals surface area contributed by atoms with Crippen LogP contribution in [0.5, 0.6) is 0 Å². The zero-order valence-electron chi connectivity index (χ0n) is 12.5. The Morgan fingerprint density at radius 3 is 2.71 bits per heavy atom. The molecule has 0 saturated carbocycles. The van der Waals surface area contributed by atoms with Gasteiger partial charge in [0.15, 0.2) is 0 Å². The fourth-order valence-electron chi connectivity index (χ4n) is 2.04. The second kappa shape index (κ2) is 7.96. The van der Waals surface area contributed by atoms with Crippen LogP contribution in [0.3, 0.4) is 0 Å². The molecule has 2 aromatic rings. The van der Waals surface area contributed by atoms with Gasteiger partial charge in [0.1, 0.15) is 0 Å². The summed E-state index contributed by atoms with van der Waals surface area (Å²) in [4.78, 5) is 12.7. The predicted molar refractivity (Wildman–Crippen MR) is 86.8 cm³/mol. The molecule has 1 aromatic heterocycles. The molecular formula is C17H21NO2S. The molecule has 1 unspecified atom stereocenters. The minimum absolute atomic E-state index is 0.0126. The van der Waals surface area contributed by atoms with E-state index in [4.69, 9.17) is 4.74 Å². The summed E-state index contributed by atoms with van der Waals surface area (Å²) in [6, 6.07) is 12.1. The quantitative estimate of drug-likeness (QED) is 0.786. The lowest BCUT2D eigenvalue weighted by molar-refractivity contribution is 0.0635. The predicted octanol–water partition coefficient (Wildman–Crippen LogP) is 3.95. The number of carbonyl (C=O) groups excluding carboxylic acids is 1. The summed E-state index contributed by atoms with van der Waals surface area (Å²) < 4.78 is 5.78. The molecule has 3 nitrogen and oxygen atoms in total. The monoisotopic (exact) mass is 303 g/mol. The van der Waals surface area contributed by atoms with E-state index in [2.05, 4.69) is 17.4 Å². The van der Waals surface area contributed by atoms with Crippen LogP contribution < -0.4 is 5.32 Å². The van der Waals surface area contributed by atoms with Crippen molar-refractivity contribution in [3.05, 3.63) is 57.8 Å². The Bertz CT molecular complexity index is 565. The third-order valence-corrected chi connectivity index (χ3v) is 4.33. The van der Waals surface area contributed by atoms with Crippen LogP contribution in [0.1, 0.15) is 40.2 Å². The van der Waals surface area contributed by atoms with Crippen LogP contribution in [0.15, 0.2) is 41.8 Å². The van der Waals surface area contributed by atoms with Crippen LogP contribution in [0, 0.1) is 6.92 Å². The maximum Gasteiger partial charge on any atom is 0.261 e. The molecule has 1 N–H and O–H groups in total. The molecule has 0 spiro atoms. The number of rotatable bonds is 7. The second-order valence-corrected chi connectivity index (χ2v) is 5.88. The van der Waals surface area contributed by atoms with Crippen LogP contribution in [0.25, 0.3) is 0 Å². The van der Waals surface area contributed by atoms with Gasteiger partial charge in [-0.3, -0.25) is 4.79 Å². The summed E-state index contributed by atoms with van der Waals surface area (Å²) in [5, 5.41) is 4.87. The molecule has 21 heavy (non-hydrogen) atoms. The van der Waals surface area contributed by atoms with Gasteiger partial charge < -0.3 is 10.1 Å². The molecule has 0 bridgehead atoms. The number of benzene rings is 1. The van der Waals surface area contributed by atoms with E-state index in [9.17, 15) is 4.79 Å². The topological polar surface area (TPSA) is 38.3 Å². The number of carbonyl (C=O) groups is 1. The summed E-state index contributed by atoms with van der Waals surface area (Å²) in [6.45, 7) is 5.27. The van der Waals surface area contributed by atoms with Gasteiger partial charge in [0.2, 0.25) is 0 Å². The maximum absolute atomic E-state index is 11.9. The zero-order valence-corrected chi connectivity index (χ0v) is 13.3. The molecule has 0 radical (unpaired) electrons. The van der Waals surface area contributed by atoms with Crippen LogP contribution in [-0.4, -0.2) is 19.1 Å². The molecule has 0 aliphatic rings. The Labute approximate surface area is 130 Å². The summed E-state index contributed by atoms with van der Waals surface area (Å²) in [5.41, 5.74) is 2.21. The van der Waals surface area contributed by atoms with Crippen molar-refractivity contribution >= 4 is 17.2 Å². The average molecular weight is 303 g/mol. The lowest BCUT2D eigenvalue weighted by Crippen LogP contribution is -2.25. The summed E-state index contributed by atoms with van der Waals surface area (Å²) in [5.74, 6) is 0.0126. The van der Waals surface area contributed by atoms with Crippen molar-refractivity contribution in [3.63, 3.8) is 0 Å². The molecule has 1 aromatic carbocycles. The number of nitrogens with one attached hydrogen (secondary N) is 1. The van der Waals surface area contributed by atoms with Crippen molar-refractivity contribution in [1.29, 1.82) is 0 Å². The van der Waals surface area contributed by atoms with Gasteiger partial charge in [-0.25, -0.2) is 0 Å². The van der Waals surface area contributed by atoms with Crippen molar-refractivity contribution in [2.75, 3.05) is 13.2 Å². The molecule has 4 heteroatoms. The highest BCUT2D eigenvalue weighted by Crippen LogP contribution is 2.16. The Morgan fingerprint density at radius 1 is 1.29 bits per heavy atom. The second-order valence-electron chi connectivity index (χ2n) is 4.97.